The van der Waals surface area contributed by atoms with Crippen LogP contribution in [-0.4, -0.2) is 44.5 Å². The van der Waals surface area contributed by atoms with Gasteiger partial charge in [0.2, 0.25) is 5.91 Å². The van der Waals surface area contributed by atoms with E-state index in [0.717, 1.165) is 12.0 Å². The summed E-state index contributed by atoms with van der Waals surface area (Å²) in [4.78, 5) is 27.4. The number of ether oxygens (including phenoxy) is 1. The molecule has 1 aliphatic heterocycles. The molecule has 0 bridgehead atoms. The number of amides is 2. The van der Waals surface area contributed by atoms with E-state index in [1.165, 1.54) is 24.8 Å². The Labute approximate surface area is 243 Å². The monoisotopic (exact) mass is 587 g/mol. The van der Waals surface area contributed by atoms with Gasteiger partial charge in [-0.05, 0) is 78.2 Å². The fraction of sp³-hybridized carbons (Fsp3) is 0.161. The van der Waals surface area contributed by atoms with E-state index in [-0.39, 0.29) is 22.1 Å². The second-order valence-electron chi connectivity index (χ2n) is 9.42. The van der Waals surface area contributed by atoms with Gasteiger partial charge in [-0.3, -0.25) is 14.3 Å². The van der Waals surface area contributed by atoms with Crippen LogP contribution in [0, 0.1) is 0 Å². The van der Waals surface area contributed by atoms with Gasteiger partial charge in [-0.1, -0.05) is 42.5 Å². The van der Waals surface area contributed by atoms with Crippen LogP contribution >= 0.6 is 11.8 Å². The van der Waals surface area contributed by atoms with Gasteiger partial charge in [-0.25, -0.2) is 8.42 Å². The smallest absolute Gasteiger partial charge is 0.261 e. The first kappa shape index (κ1) is 28.3. The quantitative estimate of drug-likeness (QED) is 0.252. The molecule has 1 heterocycles. The highest BCUT2D eigenvalue weighted by molar-refractivity contribution is 8.00. The molecule has 10 heteroatoms. The first-order chi connectivity index (χ1) is 19.8. The second kappa shape index (κ2) is 12.5. The molecule has 1 fully saturated rings. The fourth-order valence-electron chi connectivity index (χ4n) is 4.46. The Morgan fingerprint density at radius 2 is 1.56 bits per heavy atom. The Balaban J connectivity index is 1.19. The van der Waals surface area contributed by atoms with Gasteiger partial charge in [0.25, 0.3) is 15.9 Å². The van der Waals surface area contributed by atoms with Gasteiger partial charge in [-0.15, -0.1) is 11.8 Å². The Morgan fingerprint density at radius 1 is 0.902 bits per heavy atom. The van der Waals surface area contributed by atoms with Gasteiger partial charge in [0.05, 0.1) is 17.8 Å². The molecule has 0 spiro atoms. The number of rotatable bonds is 10. The van der Waals surface area contributed by atoms with Crippen molar-refractivity contribution in [3.05, 3.63) is 120 Å². The molecule has 2 amide bonds. The van der Waals surface area contributed by atoms with Crippen LogP contribution in [0.5, 0.6) is 5.75 Å². The molecule has 1 aliphatic rings. The minimum atomic E-state index is -3.81. The summed E-state index contributed by atoms with van der Waals surface area (Å²) in [5.74, 6) is 0.848. The maximum Gasteiger partial charge on any atom is 0.261 e. The van der Waals surface area contributed by atoms with Crippen LogP contribution in [0.4, 0.5) is 11.4 Å². The van der Waals surface area contributed by atoms with E-state index in [4.69, 9.17) is 4.74 Å². The Kier molecular flexibility index (Phi) is 8.61. The summed E-state index contributed by atoms with van der Waals surface area (Å²) < 4.78 is 33.1. The number of nitrogens with one attached hydrogen (secondary N) is 2. The maximum atomic E-state index is 12.9. The zero-order valence-corrected chi connectivity index (χ0v) is 24.0. The molecular formula is C31H29N3O5S2. The van der Waals surface area contributed by atoms with Crippen LogP contribution in [0.25, 0.3) is 0 Å². The number of thioether (sulfide) groups is 1. The van der Waals surface area contributed by atoms with Crippen molar-refractivity contribution in [2.75, 3.05) is 29.4 Å². The molecule has 0 radical (unpaired) electrons. The molecule has 41 heavy (non-hydrogen) atoms. The first-order valence-electron chi connectivity index (χ1n) is 13.0. The molecule has 4 aromatic carbocycles. The maximum absolute atomic E-state index is 12.9. The molecule has 1 saturated heterocycles. The molecule has 0 saturated carbocycles. The molecule has 210 valence electrons. The van der Waals surface area contributed by atoms with Crippen molar-refractivity contribution in [2.45, 2.75) is 16.7 Å². The summed E-state index contributed by atoms with van der Waals surface area (Å²) in [5.41, 5.74) is 3.47. The number of nitrogens with zero attached hydrogens (tertiary/aromatic N) is 1. The van der Waals surface area contributed by atoms with Gasteiger partial charge in [-0.2, -0.15) is 0 Å². The van der Waals surface area contributed by atoms with Gasteiger partial charge < -0.3 is 15.0 Å². The highest BCUT2D eigenvalue weighted by Gasteiger charge is 2.32. The van der Waals surface area contributed by atoms with E-state index < -0.39 is 10.0 Å². The number of hydrogen-bond acceptors (Lipinski definition) is 6. The molecule has 0 aromatic heterocycles. The SMILES string of the molecule is COc1ccc(NS(=O)(=O)c2ccc(NC(=O)c3ccc([C@@H]4SCC(=O)N4CCc4ccccc4)cc3)cc2)cc1. The third-order valence-corrected chi connectivity index (χ3v) is 9.33. The van der Waals surface area contributed by atoms with E-state index in [2.05, 4.69) is 22.2 Å². The highest BCUT2D eigenvalue weighted by Crippen LogP contribution is 2.38. The number of benzene rings is 4. The lowest BCUT2D eigenvalue weighted by molar-refractivity contribution is -0.128. The van der Waals surface area contributed by atoms with Crippen LogP contribution in [0.2, 0.25) is 0 Å². The third-order valence-electron chi connectivity index (χ3n) is 6.68. The topological polar surface area (TPSA) is 105 Å². The lowest BCUT2D eigenvalue weighted by Crippen LogP contribution is -2.30. The molecule has 2 N–H and O–H groups in total. The zero-order chi connectivity index (χ0) is 28.8. The van der Waals surface area contributed by atoms with Crippen molar-refractivity contribution in [2.24, 2.45) is 0 Å². The van der Waals surface area contributed by atoms with E-state index >= 15 is 0 Å². The Bertz CT molecular complexity index is 1610. The van der Waals surface area contributed by atoms with Crippen LogP contribution < -0.4 is 14.8 Å². The first-order valence-corrected chi connectivity index (χ1v) is 15.5. The summed E-state index contributed by atoms with van der Waals surface area (Å²) >= 11 is 1.58. The standard InChI is InChI=1S/C31H29N3O5S2/c1-39-27-15-11-26(12-16-27)33-41(37,38)28-17-13-25(14-18-28)32-30(36)23-7-9-24(10-8-23)31-34(29(35)21-40-31)20-19-22-5-3-2-4-6-22/h2-18,31,33H,19-21H2,1H3,(H,32,36)/t31-/m0/s1. The summed E-state index contributed by atoms with van der Waals surface area (Å²) in [6.07, 6.45) is 0.780. The molecular weight excluding hydrogens is 558 g/mol. The van der Waals surface area contributed by atoms with Crippen LogP contribution in [-0.2, 0) is 21.2 Å². The largest absolute Gasteiger partial charge is 0.497 e. The second-order valence-corrected chi connectivity index (χ2v) is 12.2. The summed E-state index contributed by atoms with van der Waals surface area (Å²) in [5, 5.41) is 2.71. The summed E-state index contributed by atoms with van der Waals surface area (Å²) in [6, 6.07) is 29.8. The van der Waals surface area contributed by atoms with Crippen molar-refractivity contribution in [3.63, 3.8) is 0 Å². The van der Waals surface area contributed by atoms with Crippen LogP contribution in [0.1, 0.15) is 26.9 Å². The van der Waals surface area contributed by atoms with Gasteiger partial charge in [0, 0.05) is 23.5 Å². The van der Waals surface area contributed by atoms with Crippen molar-refractivity contribution >= 4 is 45.0 Å². The number of hydrogen-bond donors (Lipinski definition) is 2. The van der Waals surface area contributed by atoms with E-state index in [1.54, 1.807) is 60.3 Å². The highest BCUT2D eigenvalue weighted by atomic mass is 32.2. The van der Waals surface area contributed by atoms with Gasteiger partial charge in [0.1, 0.15) is 11.1 Å². The van der Waals surface area contributed by atoms with Gasteiger partial charge >= 0.3 is 0 Å². The summed E-state index contributed by atoms with van der Waals surface area (Å²) in [7, 11) is -2.27. The molecule has 5 rings (SSSR count). The minimum Gasteiger partial charge on any atom is -0.497 e. The van der Waals surface area contributed by atoms with Crippen molar-refractivity contribution in [3.8, 4) is 5.75 Å². The van der Waals surface area contributed by atoms with Crippen molar-refractivity contribution in [1.29, 1.82) is 0 Å². The predicted octanol–water partition coefficient (Wildman–Crippen LogP) is 5.57. The third kappa shape index (κ3) is 6.90. The number of anilines is 2. The molecule has 0 aliphatic carbocycles. The molecule has 8 nitrogen and oxygen atoms in total. The van der Waals surface area contributed by atoms with Gasteiger partial charge in [0.15, 0.2) is 0 Å². The van der Waals surface area contributed by atoms with E-state index in [0.29, 0.717) is 35.0 Å². The van der Waals surface area contributed by atoms with E-state index in [1.807, 2.05) is 35.2 Å². The number of carbonyl (C=O) groups is 2. The average Bonchev–Trinajstić information content (AvgIpc) is 3.37. The summed E-state index contributed by atoms with van der Waals surface area (Å²) in [6.45, 7) is 0.629. The lowest BCUT2D eigenvalue weighted by Gasteiger charge is -2.24. The lowest BCUT2D eigenvalue weighted by atomic mass is 10.1. The Morgan fingerprint density at radius 3 is 2.22 bits per heavy atom. The predicted molar refractivity (Wildman–Crippen MR) is 162 cm³/mol. The minimum absolute atomic E-state index is 0.0658. The molecule has 4 aromatic rings. The number of methoxy groups -OCH3 is 1. The normalized spacial score (nSPS) is 15.0. The number of sulfonamides is 1. The fourth-order valence-corrected chi connectivity index (χ4v) is 6.74. The number of carbonyl (C=O) groups excluding carboxylic acids is 2. The zero-order valence-electron chi connectivity index (χ0n) is 22.3. The van der Waals surface area contributed by atoms with Crippen LogP contribution in [0.3, 0.4) is 0 Å². The van der Waals surface area contributed by atoms with Crippen molar-refractivity contribution < 1.29 is 22.7 Å². The molecule has 0 unspecified atom stereocenters. The van der Waals surface area contributed by atoms with E-state index in [9.17, 15) is 18.0 Å². The molecule has 1 atom stereocenters. The Hall–Kier alpha value is -4.28. The van der Waals surface area contributed by atoms with Crippen molar-refractivity contribution in [1.82, 2.24) is 4.90 Å². The average molecular weight is 588 g/mol. The van der Waals surface area contributed by atoms with Crippen LogP contribution in [0.15, 0.2) is 108 Å².